The normalized spacial score (nSPS) is 23.8. The summed E-state index contributed by atoms with van der Waals surface area (Å²) in [5.74, 6) is 1.58. The predicted molar refractivity (Wildman–Crippen MR) is 86.4 cm³/mol. The van der Waals surface area contributed by atoms with Crippen LogP contribution >= 0.6 is 0 Å². The first-order valence-corrected chi connectivity index (χ1v) is 8.24. The van der Waals surface area contributed by atoms with Gasteiger partial charge in [-0.3, -0.25) is 0 Å². The molecule has 0 amide bonds. The molecule has 2 N–H and O–H groups in total. The topological polar surface area (TPSA) is 44.5 Å². The van der Waals surface area contributed by atoms with E-state index in [-0.39, 0.29) is 6.04 Å². The molecule has 1 fully saturated rings. The van der Waals surface area contributed by atoms with E-state index < -0.39 is 0 Å². The monoisotopic (exact) mass is 291 g/mol. The molecular weight excluding hydrogens is 262 g/mol. The zero-order chi connectivity index (χ0) is 15.2. The van der Waals surface area contributed by atoms with Crippen molar-refractivity contribution in [3.05, 3.63) is 29.3 Å². The summed E-state index contributed by atoms with van der Waals surface area (Å²) >= 11 is 0. The van der Waals surface area contributed by atoms with Crippen LogP contribution in [0.25, 0.3) is 0 Å². The molecule has 1 saturated carbocycles. The van der Waals surface area contributed by atoms with Crippen LogP contribution in [0.5, 0.6) is 5.75 Å². The summed E-state index contributed by atoms with van der Waals surface area (Å²) in [6.45, 7) is 7.60. The van der Waals surface area contributed by atoms with E-state index in [0.717, 1.165) is 16.9 Å². The van der Waals surface area contributed by atoms with Crippen molar-refractivity contribution in [2.45, 2.75) is 65.2 Å². The molecule has 3 nitrogen and oxygen atoms in total. The maximum absolute atomic E-state index is 6.18. The summed E-state index contributed by atoms with van der Waals surface area (Å²) < 4.78 is 11.9. The molecule has 0 saturated heterocycles. The molecule has 3 atom stereocenters. The molecule has 1 aromatic rings. The van der Waals surface area contributed by atoms with Crippen molar-refractivity contribution in [1.82, 2.24) is 0 Å². The second kappa shape index (κ2) is 7.81. The van der Waals surface area contributed by atoms with E-state index in [9.17, 15) is 0 Å². The Morgan fingerprint density at radius 2 is 2.05 bits per heavy atom. The van der Waals surface area contributed by atoms with Crippen molar-refractivity contribution in [3.8, 4) is 5.75 Å². The molecule has 1 aliphatic rings. The van der Waals surface area contributed by atoms with Gasteiger partial charge in [-0.05, 0) is 50.3 Å². The second-order valence-electron chi connectivity index (χ2n) is 6.20. The highest BCUT2D eigenvalue weighted by Gasteiger charge is 2.22. The molecule has 21 heavy (non-hydrogen) atoms. The summed E-state index contributed by atoms with van der Waals surface area (Å²) in [5.41, 5.74) is 8.23. The number of hydrogen-bond donors (Lipinski definition) is 1. The lowest BCUT2D eigenvalue weighted by Gasteiger charge is -2.29. The molecule has 3 heteroatoms. The first-order chi connectivity index (χ1) is 10.1. The van der Waals surface area contributed by atoms with Crippen molar-refractivity contribution in [1.29, 1.82) is 0 Å². The fourth-order valence-corrected chi connectivity index (χ4v) is 3.02. The number of nitrogens with two attached hydrogens (primary N) is 1. The van der Waals surface area contributed by atoms with Gasteiger partial charge in [0.1, 0.15) is 5.75 Å². The van der Waals surface area contributed by atoms with Crippen LogP contribution in [0.2, 0.25) is 0 Å². The van der Waals surface area contributed by atoms with Crippen LogP contribution in [0.1, 0.15) is 63.6 Å². The fourth-order valence-electron chi connectivity index (χ4n) is 3.02. The molecule has 118 valence electrons. The minimum Gasteiger partial charge on any atom is -0.494 e. The summed E-state index contributed by atoms with van der Waals surface area (Å²) in [7, 11) is 0. The van der Waals surface area contributed by atoms with Crippen molar-refractivity contribution >= 4 is 0 Å². The van der Waals surface area contributed by atoms with Crippen LogP contribution in [-0.2, 0) is 11.3 Å². The van der Waals surface area contributed by atoms with E-state index in [2.05, 4.69) is 13.0 Å². The van der Waals surface area contributed by atoms with Gasteiger partial charge in [-0.1, -0.05) is 25.8 Å². The number of ether oxygens (including phenoxy) is 2. The van der Waals surface area contributed by atoms with Crippen LogP contribution in [0.4, 0.5) is 0 Å². The van der Waals surface area contributed by atoms with Gasteiger partial charge in [0.2, 0.25) is 0 Å². The Bertz CT molecular complexity index is 445. The third-order valence-electron chi connectivity index (χ3n) is 4.40. The van der Waals surface area contributed by atoms with Gasteiger partial charge >= 0.3 is 0 Å². The average Bonchev–Trinajstić information content (AvgIpc) is 2.47. The van der Waals surface area contributed by atoms with Crippen LogP contribution in [0, 0.1) is 5.92 Å². The first-order valence-electron chi connectivity index (χ1n) is 8.24. The number of hydrogen-bond acceptors (Lipinski definition) is 3. The van der Waals surface area contributed by atoms with Crippen molar-refractivity contribution < 1.29 is 9.47 Å². The Balaban J connectivity index is 2.07. The third kappa shape index (κ3) is 4.45. The molecule has 0 heterocycles. The maximum Gasteiger partial charge on any atom is 0.124 e. The highest BCUT2D eigenvalue weighted by atomic mass is 16.5. The smallest absolute Gasteiger partial charge is 0.124 e. The Kier molecular flexibility index (Phi) is 6.07. The number of rotatable bonds is 6. The average molecular weight is 291 g/mol. The van der Waals surface area contributed by atoms with E-state index in [4.69, 9.17) is 15.2 Å². The first kappa shape index (κ1) is 16.3. The largest absolute Gasteiger partial charge is 0.494 e. The Morgan fingerprint density at radius 3 is 2.71 bits per heavy atom. The summed E-state index contributed by atoms with van der Waals surface area (Å²) in [5, 5.41) is 0. The zero-order valence-electron chi connectivity index (χ0n) is 13.6. The molecule has 0 aliphatic heterocycles. The Labute approximate surface area is 128 Å². The van der Waals surface area contributed by atoms with Gasteiger partial charge in [0, 0.05) is 11.6 Å². The molecular formula is C18H29NO2. The van der Waals surface area contributed by atoms with Crippen LogP contribution in [0.15, 0.2) is 18.2 Å². The summed E-state index contributed by atoms with van der Waals surface area (Å²) in [6.07, 6.45) is 5.46. The van der Waals surface area contributed by atoms with Gasteiger partial charge in [0.15, 0.2) is 0 Å². The minimum absolute atomic E-state index is 0.0352. The summed E-state index contributed by atoms with van der Waals surface area (Å²) in [6, 6.07) is 6.23. The second-order valence-corrected chi connectivity index (χ2v) is 6.20. The van der Waals surface area contributed by atoms with E-state index in [1.54, 1.807) is 0 Å². The van der Waals surface area contributed by atoms with Crippen LogP contribution in [0.3, 0.4) is 0 Å². The van der Waals surface area contributed by atoms with Crippen LogP contribution < -0.4 is 10.5 Å². The molecule has 0 radical (unpaired) electrons. The molecule has 0 spiro atoms. The minimum atomic E-state index is 0.0352. The fraction of sp³-hybridized carbons (Fsp3) is 0.667. The molecule has 0 aromatic heterocycles. The Morgan fingerprint density at radius 1 is 1.29 bits per heavy atom. The van der Waals surface area contributed by atoms with E-state index in [0.29, 0.717) is 25.2 Å². The van der Waals surface area contributed by atoms with Crippen molar-refractivity contribution in [2.24, 2.45) is 11.7 Å². The number of benzene rings is 1. The highest BCUT2D eigenvalue weighted by molar-refractivity contribution is 5.38. The van der Waals surface area contributed by atoms with Gasteiger partial charge < -0.3 is 15.2 Å². The lowest BCUT2D eigenvalue weighted by Crippen LogP contribution is -2.25. The lowest BCUT2D eigenvalue weighted by atomic mass is 9.88. The molecule has 2 rings (SSSR count). The third-order valence-corrected chi connectivity index (χ3v) is 4.40. The van der Waals surface area contributed by atoms with Crippen molar-refractivity contribution in [2.75, 3.05) is 6.61 Å². The van der Waals surface area contributed by atoms with Gasteiger partial charge in [0.25, 0.3) is 0 Å². The molecule has 1 aliphatic carbocycles. The van der Waals surface area contributed by atoms with E-state index in [1.165, 1.54) is 25.7 Å². The quantitative estimate of drug-likeness (QED) is 0.854. The summed E-state index contributed by atoms with van der Waals surface area (Å²) in [4.78, 5) is 0. The van der Waals surface area contributed by atoms with Gasteiger partial charge in [-0.25, -0.2) is 0 Å². The van der Waals surface area contributed by atoms with Gasteiger partial charge in [0.05, 0.1) is 19.3 Å². The lowest BCUT2D eigenvalue weighted by molar-refractivity contribution is -0.0162. The maximum atomic E-state index is 6.18. The zero-order valence-corrected chi connectivity index (χ0v) is 13.6. The van der Waals surface area contributed by atoms with Crippen LogP contribution in [-0.4, -0.2) is 12.7 Å². The molecule has 1 aromatic carbocycles. The standard InChI is InChI=1S/C18H29NO2/c1-4-20-18-10-9-15(14(3)19)11-16(18)12-21-17-8-6-5-7-13(17)2/h9-11,13-14,17H,4-8,12,19H2,1-3H3. The van der Waals surface area contributed by atoms with E-state index >= 15 is 0 Å². The SMILES string of the molecule is CCOc1ccc(C(C)N)cc1COC1CCCCC1C. The van der Waals surface area contributed by atoms with Crippen molar-refractivity contribution in [3.63, 3.8) is 0 Å². The highest BCUT2D eigenvalue weighted by Crippen LogP contribution is 2.29. The van der Waals surface area contributed by atoms with Gasteiger partial charge in [-0.15, -0.1) is 0 Å². The van der Waals surface area contributed by atoms with Gasteiger partial charge in [-0.2, -0.15) is 0 Å². The Hall–Kier alpha value is -1.06. The molecule has 0 bridgehead atoms. The van der Waals surface area contributed by atoms with E-state index in [1.807, 2.05) is 26.0 Å². The predicted octanol–water partition coefficient (Wildman–Crippen LogP) is 4.20. The molecule has 3 unspecified atom stereocenters.